The summed E-state index contributed by atoms with van der Waals surface area (Å²) >= 11 is 5.97. The van der Waals surface area contributed by atoms with Gasteiger partial charge in [0.2, 0.25) is 0 Å². The first-order valence-corrected chi connectivity index (χ1v) is 13.3. The maximum absolute atomic E-state index is 5.97. The predicted octanol–water partition coefficient (Wildman–Crippen LogP) is 8.50. The lowest BCUT2D eigenvalue weighted by Crippen LogP contribution is -2.28. The highest BCUT2D eigenvalue weighted by molar-refractivity contribution is 6.30. The van der Waals surface area contributed by atoms with Gasteiger partial charge < -0.3 is 14.8 Å². The van der Waals surface area contributed by atoms with Crippen molar-refractivity contribution >= 4 is 29.2 Å². The minimum Gasteiger partial charge on any atom is -0.493 e. The number of anilines is 1. The number of para-hydroxylation sites is 1. The van der Waals surface area contributed by atoms with E-state index in [1.165, 1.54) is 16.8 Å². The summed E-state index contributed by atoms with van der Waals surface area (Å²) in [6.07, 6.45) is 7.65. The number of aliphatic imine (C=N–C) groups is 1. The maximum atomic E-state index is 5.97. The molecule has 3 atom stereocenters. The number of hydrogen-bond donors (Lipinski definition) is 1. The molecule has 0 bridgehead atoms. The van der Waals surface area contributed by atoms with Crippen molar-refractivity contribution in [3.05, 3.63) is 130 Å². The van der Waals surface area contributed by atoms with E-state index in [9.17, 15) is 0 Å². The van der Waals surface area contributed by atoms with Crippen LogP contribution in [0.5, 0.6) is 11.5 Å². The van der Waals surface area contributed by atoms with Crippen molar-refractivity contribution in [2.45, 2.75) is 25.0 Å². The highest BCUT2D eigenvalue weighted by atomic mass is 35.5. The van der Waals surface area contributed by atoms with Gasteiger partial charge in [0.15, 0.2) is 11.5 Å². The number of halogens is 1. The van der Waals surface area contributed by atoms with Gasteiger partial charge in [-0.2, -0.15) is 0 Å². The highest BCUT2D eigenvalue weighted by Gasteiger charge is 2.37. The molecule has 0 unspecified atom stereocenters. The van der Waals surface area contributed by atoms with Gasteiger partial charge in [0.25, 0.3) is 0 Å². The number of nitrogens with zero attached hydrogens (tertiary/aromatic N) is 1. The monoisotopic (exact) mass is 520 g/mol. The van der Waals surface area contributed by atoms with Gasteiger partial charge in [-0.1, -0.05) is 66.2 Å². The van der Waals surface area contributed by atoms with Gasteiger partial charge in [-0.15, -0.1) is 0 Å². The summed E-state index contributed by atoms with van der Waals surface area (Å²) in [5.74, 6) is 2.36. The highest BCUT2D eigenvalue weighted by Crippen LogP contribution is 2.49. The molecule has 0 saturated carbocycles. The maximum Gasteiger partial charge on any atom is 0.161 e. The van der Waals surface area contributed by atoms with Crippen LogP contribution in [-0.4, -0.2) is 13.3 Å². The molecule has 4 aromatic rings. The Bertz CT molecular complexity index is 1480. The zero-order valence-electron chi connectivity index (χ0n) is 21.2. The third-order valence-electron chi connectivity index (χ3n) is 7.38. The summed E-state index contributed by atoms with van der Waals surface area (Å²) < 4.78 is 11.5. The van der Waals surface area contributed by atoms with Gasteiger partial charge in [0.05, 0.1) is 18.8 Å². The first kappa shape index (κ1) is 24.3. The molecule has 38 heavy (non-hydrogen) atoms. The standard InChI is InChI=1S/C33H29ClN2O2/c1-37-32-19-23(11-18-31(32)38-21-22-9-14-25(34)15-10-22)20-35-26-16-12-24(13-17-26)33-29-7-4-6-27(29)28-5-2-3-8-30(28)36-33/h2-6,8-20,27,29,33,36H,7,21H2,1H3/t27-,29-,33-/m0/s1. The fraction of sp³-hybridized carbons (Fsp3) is 0.182. The van der Waals surface area contributed by atoms with Crippen LogP contribution in [0.1, 0.15) is 40.6 Å². The molecule has 1 N–H and O–H groups in total. The van der Waals surface area contributed by atoms with Crippen LogP contribution in [0.15, 0.2) is 108 Å². The van der Waals surface area contributed by atoms with Crippen LogP contribution < -0.4 is 14.8 Å². The summed E-state index contributed by atoms with van der Waals surface area (Å²) in [7, 11) is 1.65. The summed E-state index contributed by atoms with van der Waals surface area (Å²) in [6, 6.07) is 31.0. The molecule has 1 heterocycles. The fourth-order valence-electron chi connectivity index (χ4n) is 5.42. The number of fused-ring (bicyclic) bond motifs is 3. The number of rotatable bonds is 7. The number of nitrogens with one attached hydrogen (secondary N) is 1. The Morgan fingerprint density at radius 3 is 2.58 bits per heavy atom. The SMILES string of the molecule is COc1cc(C=Nc2ccc([C@@H]3Nc4ccccc4[C@@H]4C=CC[C@@H]43)cc2)ccc1OCc1ccc(Cl)cc1. The van der Waals surface area contributed by atoms with Gasteiger partial charge in [-0.25, -0.2) is 0 Å². The Morgan fingerprint density at radius 2 is 1.76 bits per heavy atom. The van der Waals surface area contributed by atoms with Crippen LogP contribution in [0.25, 0.3) is 0 Å². The smallest absolute Gasteiger partial charge is 0.161 e. The third kappa shape index (κ3) is 5.05. The van der Waals surface area contributed by atoms with Gasteiger partial charge in [0.1, 0.15) is 6.61 Å². The van der Waals surface area contributed by atoms with E-state index in [2.05, 4.69) is 66.0 Å². The van der Waals surface area contributed by atoms with Crippen LogP contribution in [-0.2, 0) is 6.61 Å². The molecule has 0 aromatic heterocycles. The first-order valence-electron chi connectivity index (χ1n) is 12.9. The van der Waals surface area contributed by atoms with Crippen molar-refractivity contribution in [2.75, 3.05) is 12.4 Å². The van der Waals surface area contributed by atoms with Gasteiger partial charge in [-0.3, -0.25) is 4.99 Å². The number of methoxy groups -OCH3 is 1. The summed E-state index contributed by atoms with van der Waals surface area (Å²) in [6.45, 7) is 0.437. The van der Waals surface area contributed by atoms with Crippen LogP contribution in [0, 0.1) is 5.92 Å². The lowest BCUT2D eigenvalue weighted by atomic mass is 9.77. The second kappa shape index (κ2) is 10.8. The van der Waals surface area contributed by atoms with Crippen molar-refractivity contribution < 1.29 is 9.47 Å². The van der Waals surface area contributed by atoms with E-state index in [0.29, 0.717) is 35.0 Å². The van der Waals surface area contributed by atoms with Crippen molar-refractivity contribution in [1.29, 1.82) is 0 Å². The second-order valence-electron chi connectivity index (χ2n) is 9.74. The number of benzene rings is 4. The number of hydrogen-bond acceptors (Lipinski definition) is 4. The lowest BCUT2D eigenvalue weighted by molar-refractivity contribution is 0.284. The molecule has 1 aliphatic heterocycles. The molecule has 2 aliphatic rings. The molecule has 4 aromatic carbocycles. The third-order valence-corrected chi connectivity index (χ3v) is 7.63. The molecule has 4 nitrogen and oxygen atoms in total. The van der Waals surface area contributed by atoms with Gasteiger partial charge in [0, 0.05) is 22.8 Å². The van der Waals surface area contributed by atoms with E-state index in [4.69, 9.17) is 26.1 Å². The molecular formula is C33H29ClN2O2. The van der Waals surface area contributed by atoms with E-state index in [0.717, 1.165) is 23.2 Å². The lowest BCUT2D eigenvalue weighted by Gasteiger charge is -2.37. The summed E-state index contributed by atoms with van der Waals surface area (Å²) in [4.78, 5) is 4.71. The molecule has 0 saturated heterocycles. The molecule has 0 amide bonds. The van der Waals surface area contributed by atoms with E-state index in [-0.39, 0.29) is 6.04 Å². The average molecular weight is 521 g/mol. The quantitative estimate of drug-likeness (QED) is 0.196. The van der Waals surface area contributed by atoms with Crippen molar-refractivity contribution in [3.8, 4) is 11.5 Å². The Hall–Kier alpha value is -4.02. The number of ether oxygens (including phenoxy) is 2. The Balaban J connectivity index is 1.14. The Kier molecular flexibility index (Phi) is 6.89. The minimum atomic E-state index is 0.285. The van der Waals surface area contributed by atoms with Crippen LogP contribution >= 0.6 is 11.6 Å². The van der Waals surface area contributed by atoms with Crippen molar-refractivity contribution in [1.82, 2.24) is 0 Å². The molecular weight excluding hydrogens is 492 g/mol. The zero-order valence-corrected chi connectivity index (χ0v) is 21.9. The van der Waals surface area contributed by atoms with Gasteiger partial charge >= 0.3 is 0 Å². The van der Waals surface area contributed by atoms with Crippen molar-refractivity contribution in [3.63, 3.8) is 0 Å². The minimum absolute atomic E-state index is 0.285. The number of allylic oxidation sites excluding steroid dienone is 2. The van der Waals surface area contributed by atoms with Crippen LogP contribution in [0.3, 0.4) is 0 Å². The topological polar surface area (TPSA) is 42.8 Å². The second-order valence-corrected chi connectivity index (χ2v) is 10.2. The van der Waals surface area contributed by atoms with Crippen LogP contribution in [0.2, 0.25) is 5.02 Å². The van der Waals surface area contributed by atoms with E-state index in [1.807, 2.05) is 48.7 Å². The fourth-order valence-corrected chi connectivity index (χ4v) is 5.54. The van der Waals surface area contributed by atoms with E-state index < -0.39 is 0 Å². The average Bonchev–Trinajstić information content (AvgIpc) is 3.46. The summed E-state index contributed by atoms with van der Waals surface area (Å²) in [5.41, 5.74) is 6.82. The van der Waals surface area contributed by atoms with E-state index in [1.54, 1.807) is 7.11 Å². The first-order chi connectivity index (χ1) is 18.7. The molecule has 6 rings (SSSR count). The molecule has 0 spiro atoms. The molecule has 5 heteroatoms. The normalized spacial score (nSPS) is 19.6. The zero-order chi connectivity index (χ0) is 25.9. The molecule has 0 fully saturated rings. The van der Waals surface area contributed by atoms with E-state index >= 15 is 0 Å². The Labute approximate surface area is 228 Å². The Morgan fingerprint density at radius 1 is 0.947 bits per heavy atom. The van der Waals surface area contributed by atoms with Gasteiger partial charge in [-0.05, 0) is 83.1 Å². The predicted molar refractivity (Wildman–Crippen MR) is 155 cm³/mol. The van der Waals surface area contributed by atoms with Crippen LogP contribution in [0.4, 0.5) is 11.4 Å². The summed E-state index contributed by atoms with van der Waals surface area (Å²) in [5, 5.41) is 4.50. The largest absolute Gasteiger partial charge is 0.493 e. The van der Waals surface area contributed by atoms with Crippen molar-refractivity contribution in [2.24, 2.45) is 10.9 Å². The molecule has 190 valence electrons. The molecule has 1 aliphatic carbocycles. The molecule has 0 radical (unpaired) electrons.